The molecule has 0 bridgehead atoms. The molecule has 0 saturated heterocycles. The summed E-state index contributed by atoms with van der Waals surface area (Å²) in [6.45, 7) is 7.18. The molecule has 0 rings (SSSR count). The normalized spacial score (nSPS) is 9.56. The Morgan fingerprint density at radius 1 is 1.56 bits per heavy atom. The van der Waals surface area contributed by atoms with Crippen molar-refractivity contribution in [3.63, 3.8) is 0 Å². The van der Waals surface area contributed by atoms with E-state index in [9.17, 15) is 0 Å². The van der Waals surface area contributed by atoms with Crippen molar-refractivity contribution in [1.82, 2.24) is 0 Å². The molecule has 0 aromatic heterocycles. The molecular weight excluding hydrogens is 243 g/mol. The van der Waals surface area contributed by atoms with Crippen molar-refractivity contribution in [1.29, 1.82) is 0 Å². The maximum absolute atomic E-state index is 5.27. The van der Waals surface area contributed by atoms with Crippen LogP contribution in [0.25, 0.3) is 0 Å². The number of halogens is 1. The second kappa shape index (κ2) is 6.51. The minimum Gasteiger partial charge on any atom is -0.407 e. The standard InChI is InChI=1S/C6H9IOSi/c1-3-6(4-2)8-9-5-7/h3-4,6H,1-2,5H2. The van der Waals surface area contributed by atoms with Crippen molar-refractivity contribution in [3.8, 4) is 0 Å². The Kier molecular flexibility index (Phi) is 6.79. The first-order chi connectivity index (χ1) is 4.35. The molecule has 9 heavy (non-hydrogen) atoms. The molecule has 2 radical (unpaired) electrons. The van der Waals surface area contributed by atoms with Gasteiger partial charge in [-0.15, -0.1) is 13.2 Å². The predicted octanol–water partition coefficient (Wildman–Crippen LogP) is 1.76. The van der Waals surface area contributed by atoms with Crippen LogP contribution < -0.4 is 0 Å². The number of hydrogen-bond donors (Lipinski definition) is 0. The van der Waals surface area contributed by atoms with Gasteiger partial charge in [-0.1, -0.05) is 34.7 Å². The number of alkyl halides is 1. The fraction of sp³-hybridized carbons (Fsp3) is 0.333. The highest BCUT2D eigenvalue weighted by atomic mass is 127. The van der Waals surface area contributed by atoms with Gasteiger partial charge in [0.05, 0.1) is 6.10 Å². The lowest BCUT2D eigenvalue weighted by Gasteiger charge is -2.05. The number of rotatable bonds is 5. The van der Waals surface area contributed by atoms with Gasteiger partial charge in [-0.3, -0.25) is 0 Å². The molecule has 0 aromatic rings. The summed E-state index contributed by atoms with van der Waals surface area (Å²) in [5.74, 6) is 0. The highest BCUT2D eigenvalue weighted by Gasteiger charge is 1.95. The number of hydrogen-bond acceptors (Lipinski definition) is 1. The van der Waals surface area contributed by atoms with E-state index < -0.39 is 0 Å². The van der Waals surface area contributed by atoms with Gasteiger partial charge in [-0.05, 0) is 0 Å². The molecular formula is C6H9IOSi. The molecule has 0 aliphatic rings. The van der Waals surface area contributed by atoms with E-state index in [1.807, 2.05) is 0 Å². The fourth-order valence-electron chi connectivity index (χ4n) is 0.320. The minimum absolute atomic E-state index is 0.0399. The van der Waals surface area contributed by atoms with Crippen molar-refractivity contribution in [2.45, 2.75) is 6.10 Å². The first-order valence-corrected chi connectivity index (χ1v) is 5.18. The summed E-state index contributed by atoms with van der Waals surface area (Å²) >= 11 is 2.27. The maximum Gasteiger partial charge on any atom is 0.241 e. The van der Waals surface area contributed by atoms with E-state index in [2.05, 4.69) is 35.7 Å². The van der Waals surface area contributed by atoms with Crippen LogP contribution in [0.2, 0.25) is 0 Å². The van der Waals surface area contributed by atoms with Gasteiger partial charge in [-0.25, -0.2) is 0 Å². The van der Waals surface area contributed by atoms with Gasteiger partial charge in [0.2, 0.25) is 9.76 Å². The molecule has 1 nitrogen and oxygen atoms in total. The Hall–Kier alpha value is 0.387. The molecule has 0 aliphatic heterocycles. The van der Waals surface area contributed by atoms with Crippen LogP contribution in [0.15, 0.2) is 25.3 Å². The first kappa shape index (κ1) is 9.39. The van der Waals surface area contributed by atoms with Crippen LogP contribution in [0.5, 0.6) is 0 Å². The molecule has 0 heterocycles. The van der Waals surface area contributed by atoms with E-state index in [1.54, 1.807) is 12.2 Å². The van der Waals surface area contributed by atoms with Gasteiger partial charge in [0, 0.05) is 4.05 Å². The van der Waals surface area contributed by atoms with E-state index in [1.165, 1.54) is 0 Å². The quantitative estimate of drug-likeness (QED) is 0.313. The molecule has 0 spiro atoms. The lowest BCUT2D eigenvalue weighted by Crippen LogP contribution is -2.10. The van der Waals surface area contributed by atoms with Crippen molar-refractivity contribution < 1.29 is 4.43 Å². The summed E-state index contributed by atoms with van der Waals surface area (Å²) < 4.78 is 6.31. The molecule has 50 valence electrons. The minimum atomic E-state index is 0.0399. The average Bonchev–Trinajstić information content (AvgIpc) is 1.91. The molecule has 0 amide bonds. The highest BCUT2D eigenvalue weighted by molar-refractivity contribution is 14.1. The average molecular weight is 252 g/mol. The Morgan fingerprint density at radius 2 is 2.11 bits per heavy atom. The predicted molar refractivity (Wildman–Crippen MR) is 49.9 cm³/mol. The molecule has 0 aliphatic carbocycles. The summed E-state index contributed by atoms with van der Waals surface area (Å²) in [6, 6.07) is 0. The maximum atomic E-state index is 5.27. The van der Waals surface area contributed by atoms with E-state index in [-0.39, 0.29) is 6.10 Å². The summed E-state index contributed by atoms with van der Waals surface area (Å²) in [6.07, 6.45) is 3.52. The zero-order valence-electron chi connectivity index (χ0n) is 5.14. The van der Waals surface area contributed by atoms with Crippen molar-refractivity contribution in [3.05, 3.63) is 25.3 Å². The largest absolute Gasteiger partial charge is 0.407 e. The van der Waals surface area contributed by atoms with Gasteiger partial charge < -0.3 is 4.43 Å². The third-order valence-electron chi connectivity index (χ3n) is 0.739. The SMILES string of the molecule is C=CC(C=C)O[Si]CI. The Bertz CT molecular complexity index is 87.1. The van der Waals surface area contributed by atoms with Gasteiger partial charge in [-0.2, -0.15) is 0 Å². The van der Waals surface area contributed by atoms with Crippen LogP contribution in [-0.2, 0) is 4.43 Å². The third-order valence-corrected chi connectivity index (χ3v) is 2.22. The zero-order valence-corrected chi connectivity index (χ0v) is 8.30. The smallest absolute Gasteiger partial charge is 0.241 e. The monoisotopic (exact) mass is 252 g/mol. The molecule has 0 N–H and O–H groups in total. The van der Waals surface area contributed by atoms with E-state index >= 15 is 0 Å². The summed E-state index contributed by atoms with van der Waals surface area (Å²) in [5, 5.41) is 0. The van der Waals surface area contributed by atoms with Crippen LogP contribution in [0.1, 0.15) is 0 Å². The molecule has 0 fully saturated rings. The van der Waals surface area contributed by atoms with E-state index in [4.69, 9.17) is 4.43 Å². The first-order valence-electron chi connectivity index (χ1n) is 2.54. The fourth-order valence-corrected chi connectivity index (χ4v) is 1.31. The second-order valence-corrected chi connectivity index (χ2v) is 4.41. The van der Waals surface area contributed by atoms with Crippen LogP contribution >= 0.6 is 22.6 Å². The Morgan fingerprint density at radius 3 is 2.44 bits per heavy atom. The van der Waals surface area contributed by atoms with Crippen LogP contribution in [0.4, 0.5) is 0 Å². The van der Waals surface area contributed by atoms with Crippen molar-refractivity contribution in [2.24, 2.45) is 0 Å². The third kappa shape index (κ3) is 4.86. The zero-order chi connectivity index (χ0) is 7.11. The molecule has 0 aromatic carbocycles. The lowest BCUT2D eigenvalue weighted by molar-refractivity contribution is 0.317. The van der Waals surface area contributed by atoms with E-state index in [0.717, 1.165) is 4.05 Å². The summed E-state index contributed by atoms with van der Waals surface area (Å²) in [5.41, 5.74) is 0. The van der Waals surface area contributed by atoms with Crippen LogP contribution in [0.3, 0.4) is 0 Å². The molecule has 0 atom stereocenters. The van der Waals surface area contributed by atoms with Gasteiger partial charge in [0.1, 0.15) is 0 Å². The molecule has 0 unspecified atom stereocenters. The van der Waals surface area contributed by atoms with Crippen LogP contribution in [-0.4, -0.2) is 19.9 Å². The van der Waals surface area contributed by atoms with Gasteiger partial charge >= 0.3 is 0 Å². The highest BCUT2D eigenvalue weighted by Crippen LogP contribution is 1.92. The molecule has 3 heteroatoms. The summed E-state index contributed by atoms with van der Waals surface area (Å²) in [7, 11) is 0.553. The lowest BCUT2D eigenvalue weighted by atomic mass is 10.4. The van der Waals surface area contributed by atoms with Crippen LogP contribution in [0, 0.1) is 0 Å². The summed E-state index contributed by atoms with van der Waals surface area (Å²) in [4.78, 5) is 0. The second-order valence-electron chi connectivity index (χ2n) is 1.33. The van der Waals surface area contributed by atoms with Gasteiger partial charge in [0.15, 0.2) is 0 Å². The Balaban J connectivity index is 3.30. The van der Waals surface area contributed by atoms with Gasteiger partial charge in [0.25, 0.3) is 0 Å². The Labute approximate surface area is 72.3 Å². The van der Waals surface area contributed by atoms with Crippen molar-refractivity contribution in [2.75, 3.05) is 4.05 Å². The topological polar surface area (TPSA) is 9.23 Å². The van der Waals surface area contributed by atoms with E-state index in [0.29, 0.717) is 9.76 Å². The van der Waals surface area contributed by atoms with Crippen molar-refractivity contribution >= 4 is 32.4 Å². The molecule has 0 saturated carbocycles.